The maximum Gasteiger partial charge on any atom is 0.0859 e. The molecule has 0 aromatic rings. The van der Waals surface area contributed by atoms with E-state index >= 15 is 0 Å². The number of methoxy groups -OCH3 is 1. The van der Waals surface area contributed by atoms with Crippen molar-refractivity contribution in [1.29, 1.82) is 0 Å². The molecule has 1 heterocycles. The lowest BCUT2D eigenvalue weighted by molar-refractivity contribution is 0.0155. The van der Waals surface area contributed by atoms with Gasteiger partial charge in [-0.3, -0.25) is 4.90 Å². The summed E-state index contributed by atoms with van der Waals surface area (Å²) in [5, 5.41) is 0. The molecule has 0 saturated carbocycles. The van der Waals surface area contributed by atoms with Crippen molar-refractivity contribution in [2.24, 2.45) is 5.90 Å². The second-order valence-corrected chi connectivity index (χ2v) is 2.94. The molecule has 0 aromatic carbocycles. The van der Waals surface area contributed by atoms with E-state index in [1.54, 1.807) is 7.11 Å². The van der Waals surface area contributed by atoms with E-state index in [0.29, 0.717) is 12.6 Å². The standard InChI is InChI=1S/C7H16N2O2/c1-9-4-3-7(10-2)6(9)5-11-8/h6-7H,3-5,8H2,1-2H3. The Morgan fingerprint density at radius 1 is 1.64 bits per heavy atom. The van der Waals surface area contributed by atoms with Gasteiger partial charge < -0.3 is 9.57 Å². The van der Waals surface area contributed by atoms with Crippen molar-refractivity contribution in [1.82, 2.24) is 4.90 Å². The predicted octanol–water partition coefficient (Wildman–Crippen LogP) is -0.404. The van der Waals surface area contributed by atoms with Crippen LogP contribution in [0.4, 0.5) is 0 Å². The van der Waals surface area contributed by atoms with E-state index in [0.717, 1.165) is 13.0 Å². The molecule has 0 radical (unpaired) electrons. The van der Waals surface area contributed by atoms with Gasteiger partial charge in [0.15, 0.2) is 0 Å². The molecule has 1 saturated heterocycles. The zero-order valence-corrected chi connectivity index (χ0v) is 7.12. The summed E-state index contributed by atoms with van der Waals surface area (Å²) in [6.07, 6.45) is 1.35. The zero-order chi connectivity index (χ0) is 8.27. The first-order valence-electron chi connectivity index (χ1n) is 3.84. The Morgan fingerprint density at radius 2 is 2.36 bits per heavy atom. The smallest absolute Gasteiger partial charge is 0.0859 e. The summed E-state index contributed by atoms with van der Waals surface area (Å²) >= 11 is 0. The highest BCUT2D eigenvalue weighted by atomic mass is 16.6. The average Bonchev–Trinajstić information content (AvgIpc) is 2.34. The summed E-state index contributed by atoms with van der Waals surface area (Å²) in [7, 11) is 3.79. The van der Waals surface area contributed by atoms with Crippen LogP contribution in [-0.2, 0) is 9.57 Å². The van der Waals surface area contributed by atoms with E-state index in [1.165, 1.54) is 0 Å². The highest BCUT2D eigenvalue weighted by molar-refractivity contribution is 4.85. The third kappa shape index (κ3) is 1.90. The van der Waals surface area contributed by atoms with Crippen molar-refractivity contribution in [2.45, 2.75) is 18.6 Å². The minimum Gasteiger partial charge on any atom is -0.380 e. The molecule has 2 N–H and O–H groups in total. The number of hydrogen-bond donors (Lipinski definition) is 1. The van der Waals surface area contributed by atoms with Gasteiger partial charge in [-0.05, 0) is 13.5 Å². The van der Waals surface area contributed by atoms with E-state index in [1.807, 2.05) is 0 Å². The second-order valence-electron chi connectivity index (χ2n) is 2.94. The van der Waals surface area contributed by atoms with E-state index < -0.39 is 0 Å². The van der Waals surface area contributed by atoms with Gasteiger partial charge in [-0.15, -0.1) is 0 Å². The molecular formula is C7H16N2O2. The number of likely N-dealkylation sites (N-methyl/N-ethyl adjacent to an activating group) is 1. The van der Waals surface area contributed by atoms with Crippen LogP contribution in [0.25, 0.3) is 0 Å². The minimum atomic E-state index is 0.281. The van der Waals surface area contributed by atoms with Crippen molar-refractivity contribution < 1.29 is 9.57 Å². The van der Waals surface area contributed by atoms with E-state index in [-0.39, 0.29) is 6.10 Å². The molecular weight excluding hydrogens is 144 g/mol. The van der Waals surface area contributed by atoms with Crippen LogP contribution in [-0.4, -0.2) is 44.4 Å². The molecule has 0 aliphatic carbocycles. The SMILES string of the molecule is COC1CCN(C)C1CON. The summed E-state index contributed by atoms with van der Waals surface area (Å²) in [6.45, 7) is 1.61. The van der Waals surface area contributed by atoms with Gasteiger partial charge in [0.1, 0.15) is 0 Å². The molecule has 2 unspecified atom stereocenters. The fourth-order valence-electron chi connectivity index (χ4n) is 1.58. The van der Waals surface area contributed by atoms with Crippen LogP contribution in [0, 0.1) is 0 Å². The topological polar surface area (TPSA) is 47.7 Å². The second kappa shape index (κ2) is 4.01. The lowest BCUT2D eigenvalue weighted by Crippen LogP contribution is -2.38. The quantitative estimate of drug-likeness (QED) is 0.570. The molecule has 1 fully saturated rings. The third-order valence-electron chi connectivity index (χ3n) is 2.33. The molecule has 66 valence electrons. The molecule has 2 atom stereocenters. The van der Waals surface area contributed by atoms with Crippen LogP contribution in [0.5, 0.6) is 0 Å². The first kappa shape index (κ1) is 8.93. The number of rotatable bonds is 3. The maximum atomic E-state index is 5.27. The maximum absolute atomic E-state index is 5.27. The molecule has 0 aromatic heterocycles. The van der Waals surface area contributed by atoms with Crippen molar-refractivity contribution >= 4 is 0 Å². The molecule has 1 aliphatic rings. The molecule has 4 heteroatoms. The Kier molecular flexibility index (Phi) is 3.26. The number of nitrogens with zero attached hydrogens (tertiary/aromatic N) is 1. The Bertz CT molecular complexity index is 121. The first-order valence-corrected chi connectivity index (χ1v) is 3.84. The molecule has 1 rings (SSSR count). The van der Waals surface area contributed by atoms with Crippen molar-refractivity contribution in [3.05, 3.63) is 0 Å². The van der Waals surface area contributed by atoms with E-state index in [9.17, 15) is 0 Å². The van der Waals surface area contributed by atoms with Crippen LogP contribution in [0.1, 0.15) is 6.42 Å². The Morgan fingerprint density at radius 3 is 2.91 bits per heavy atom. The Hall–Kier alpha value is -0.160. The van der Waals surface area contributed by atoms with Crippen LogP contribution in [0.15, 0.2) is 0 Å². The Balaban J connectivity index is 2.42. The highest BCUT2D eigenvalue weighted by Gasteiger charge is 2.31. The van der Waals surface area contributed by atoms with Gasteiger partial charge in [-0.25, -0.2) is 5.90 Å². The molecule has 0 spiro atoms. The largest absolute Gasteiger partial charge is 0.380 e. The van der Waals surface area contributed by atoms with E-state index in [2.05, 4.69) is 16.8 Å². The average molecular weight is 160 g/mol. The summed E-state index contributed by atoms with van der Waals surface area (Å²) < 4.78 is 5.27. The fourth-order valence-corrected chi connectivity index (χ4v) is 1.58. The van der Waals surface area contributed by atoms with Crippen LogP contribution >= 0.6 is 0 Å². The molecule has 0 bridgehead atoms. The van der Waals surface area contributed by atoms with Gasteiger partial charge in [0.05, 0.1) is 18.8 Å². The van der Waals surface area contributed by atoms with Gasteiger partial charge in [0.2, 0.25) is 0 Å². The molecule has 11 heavy (non-hydrogen) atoms. The van der Waals surface area contributed by atoms with Crippen molar-refractivity contribution in [3.63, 3.8) is 0 Å². The number of hydrogen-bond acceptors (Lipinski definition) is 4. The van der Waals surface area contributed by atoms with Gasteiger partial charge in [-0.1, -0.05) is 0 Å². The zero-order valence-electron chi connectivity index (χ0n) is 7.12. The highest BCUT2D eigenvalue weighted by Crippen LogP contribution is 2.18. The fraction of sp³-hybridized carbons (Fsp3) is 1.00. The molecule has 0 amide bonds. The van der Waals surface area contributed by atoms with Crippen LogP contribution < -0.4 is 5.90 Å². The Labute approximate surface area is 67.2 Å². The molecule has 4 nitrogen and oxygen atoms in total. The number of likely N-dealkylation sites (tertiary alicyclic amines) is 1. The van der Waals surface area contributed by atoms with Gasteiger partial charge in [0, 0.05) is 13.7 Å². The lowest BCUT2D eigenvalue weighted by Gasteiger charge is -2.22. The van der Waals surface area contributed by atoms with Crippen molar-refractivity contribution in [2.75, 3.05) is 27.3 Å². The van der Waals surface area contributed by atoms with Crippen molar-refractivity contribution in [3.8, 4) is 0 Å². The number of nitrogens with two attached hydrogens (primary N) is 1. The normalized spacial score (nSPS) is 33.0. The predicted molar refractivity (Wildman–Crippen MR) is 42.0 cm³/mol. The monoisotopic (exact) mass is 160 g/mol. The van der Waals surface area contributed by atoms with Crippen LogP contribution in [0.3, 0.4) is 0 Å². The number of ether oxygens (including phenoxy) is 1. The first-order chi connectivity index (χ1) is 5.29. The van der Waals surface area contributed by atoms with Crippen LogP contribution in [0.2, 0.25) is 0 Å². The summed E-state index contributed by atoms with van der Waals surface area (Å²) in [5.41, 5.74) is 0. The lowest BCUT2D eigenvalue weighted by atomic mass is 10.2. The molecule has 1 aliphatic heterocycles. The minimum absolute atomic E-state index is 0.281. The summed E-state index contributed by atoms with van der Waals surface area (Å²) in [4.78, 5) is 6.82. The third-order valence-corrected chi connectivity index (χ3v) is 2.33. The summed E-state index contributed by atoms with van der Waals surface area (Å²) in [5.74, 6) is 5.01. The van der Waals surface area contributed by atoms with Gasteiger partial charge in [-0.2, -0.15) is 0 Å². The van der Waals surface area contributed by atoms with Gasteiger partial charge >= 0.3 is 0 Å². The van der Waals surface area contributed by atoms with Gasteiger partial charge in [0.25, 0.3) is 0 Å². The summed E-state index contributed by atoms with van der Waals surface area (Å²) in [6, 6.07) is 0.324. The van der Waals surface area contributed by atoms with E-state index in [4.69, 9.17) is 10.6 Å².